The molecule has 54 heavy (non-hydrogen) atoms. The number of Topliss-reactive ketones (excluding diaryl/α,β-unsaturated/α-hetero) is 1. The molecule has 1 unspecified atom stereocenters. The summed E-state index contributed by atoms with van der Waals surface area (Å²) >= 11 is 0. The van der Waals surface area contributed by atoms with Gasteiger partial charge in [-0.1, -0.05) is 68.1 Å². The number of carbonyl (C=O) groups is 1. The van der Waals surface area contributed by atoms with E-state index in [0.717, 1.165) is 53.2 Å². The van der Waals surface area contributed by atoms with Crippen LogP contribution >= 0.6 is 0 Å². The summed E-state index contributed by atoms with van der Waals surface area (Å²) in [5, 5.41) is 0. The molecule has 2 aromatic heterocycles. The van der Waals surface area contributed by atoms with E-state index in [4.69, 9.17) is 14.5 Å². The highest BCUT2D eigenvalue weighted by molar-refractivity contribution is 7.87. The molecule has 292 valence electrons. The van der Waals surface area contributed by atoms with Gasteiger partial charge in [0.25, 0.3) is 0 Å². The van der Waals surface area contributed by atoms with E-state index in [9.17, 15) is 26.4 Å². The standard InChI is InChI=1S/C20H21F3N2O4S.C19H22N2O2.CH4.H/c1-13-24-18(17(19(25-13)28-2)12-14-6-4-3-5-7-14)15-8-10-16(11-9-15)29-30(26,27)20(21,22)23;1-13-20-18(15-8-10-16(22)11-9-15)17(19(21-13)23-2)12-14-6-4-3-5-7-14;;/h3-7,10,15H,8-9,11-12H2,1-2H3;3-7,15H,8-12H2,1-2H3;1H4;/q;;;-1. The second kappa shape index (κ2) is 18.5. The van der Waals surface area contributed by atoms with E-state index < -0.39 is 15.6 Å². The van der Waals surface area contributed by atoms with Crippen LogP contribution in [0.4, 0.5) is 13.2 Å². The Labute approximate surface area is 316 Å². The maximum atomic E-state index is 12.5. The summed E-state index contributed by atoms with van der Waals surface area (Å²) in [4.78, 5) is 29.7. The van der Waals surface area contributed by atoms with Gasteiger partial charge in [0.15, 0.2) is 0 Å². The average molecular weight is 770 g/mol. The molecule has 2 aliphatic carbocycles. The monoisotopic (exact) mass is 769 g/mol. The molecule has 14 heteroatoms. The Morgan fingerprint density at radius 1 is 0.722 bits per heavy atom. The third-order valence-corrected chi connectivity index (χ3v) is 10.2. The number of ether oxygens (including phenoxy) is 2. The van der Waals surface area contributed by atoms with Crippen molar-refractivity contribution in [2.24, 2.45) is 0 Å². The van der Waals surface area contributed by atoms with Gasteiger partial charge in [-0.25, -0.2) is 9.97 Å². The predicted octanol–water partition coefficient (Wildman–Crippen LogP) is 8.76. The SMILES string of the molecule is C.COc1nc(C)nc(C2CC=C(OS(=O)(=O)C(F)(F)F)CC2)c1Cc1ccccc1.COc1nc(C)nc(C2CCC(=O)CC2)c1Cc1ccccc1.[H-]. The molecule has 4 aromatic rings. The van der Waals surface area contributed by atoms with Crippen molar-refractivity contribution in [3.05, 3.63) is 118 Å². The minimum Gasteiger partial charge on any atom is -1.00 e. The minimum atomic E-state index is -5.66. The first-order chi connectivity index (χ1) is 25.3. The molecular formula is C40H48F3N4O6S-. The van der Waals surface area contributed by atoms with Crippen LogP contribution in [-0.4, -0.2) is 53.9 Å². The summed E-state index contributed by atoms with van der Waals surface area (Å²) in [6, 6.07) is 20.0. The van der Waals surface area contributed by atoms with Crippen molar-refractivity contribution < 1.29 is 41.5 Å². The molecule has 6 rings (SSSR count). The molecule has 0 bridgehead atoms. The number of aromatic nitrogens is 4. The molecule has 10 nitrogen and oxygen atoms in total. The molecule has 1 fully saturated rings. The number of ketones is 1. The molecule has 0 amide bonds. The van der Waals surface area contributed by atoms with Crippen LogP contribution in [0, 0.1) is 13.8 Å². The molecule has 0 aliphatic heterocycles. The fourth-order valence-electron chi connectivity index (χ4n) is 6.66. The zero-order valence-corrected chi connectivity index (χ0v) is 31.0. The maximum Gasteiger partial charge on any atom is 0.534 e. The molecule has 0 radical (unpaired) electrons. The summed E-state index contributed by atoms with van der Waals surface area (Å²) in [6.07, 6.45) is 6.46. The van der Waals surface area contributed by atoms with Crippen molar-refractivity contribution in [2.75, 3.05) is 14.2 Å². The third-order valence-electron chi connectivity index (χ3n) is 9.25. The van der Waals surface area contributed by atoms with Gasteiger partial charge in [0.05, 0.1) is 25.6 Å². The van der Waals surface area contributed by atoms with Crippen molar-refractivity contribution >= 4 is 15.9 Å². The largest absolute Gasteiger partial charge is 1.00 e. The molecular weight excluding hydrogens is 722 g/mol. The number of carbonyl (C=O) groups excluding carboxylic acids is 1. The van der Waals surface area contributed by atoms with Crippen LogP contribution in [-0.2, 0) is 31.9 Å². The van der Waals surface area contributed by atoms with Crippen molar-refractivity contribution in [1.82, 2.24) is 19.9 Å². The zero-order valence-electron chi connectivity index (χ0n) is 31.2. The lowest BCUT2D eigenvalue weighted by atomic mass is 9.83. The fraction of sp³-hybridized carbons (Fsp3) is 0.425. The van der Waals surface area contributed by atoms with Crippen LogP contribution < -0.4 is 9.47 Å². The predicted molar refractivity (Wildman–Crippen MR) is 200 cm³/mol. The highest BCUT2D eigenvalue weighted by Crippen LogP contribution is 2.39. The normalized spacial score (nSPS) is 16.3. The van der Waals surface area contributed by atoms with Gasteiger partial charge in [-0.2, -0.15) is 31.6 Å². The summed E-state index contributed by atoms with van der Waals surface area (Å²) in [7, 11) is -2.48. The number of alkyl halides is 3. The molecule has 1 saturated carbocycles. The van der Waals surface area contributed by atoms with E-state index in [1.165, 1.54) is 18.7 Å². The van der Waals surface area contributed by atoms with Gasteiger partial charge in [-0.05, 0) is 56.7 Å². The van der Waals surface area contributed by atoms with E-state index in [1.807, 2.05) is 55.5 Å². The first-order valence-corrected chi connectivity index (χ1v) is 18.8. The van der Waals surface area contributed by atoms with E-state index in [1.54, 1.807) is 14.0 Å². The Bertz CT molecular complexity index is 2020. The molecule has 2 aromatic carbocycles. The highest BCUT2D eigenvalue weighted by atomic mass is 32.2. The van der Waals surface area contributed by atoms with Gasteiger partial charge in [-0.3, -0.25) is 4.79 Å². The topological polar surface area (TPSA) is 130 Å². The Balaban J connectivity index is 0.000000294. The Morgan fingerprint density at radius 2 is 1.17 bits per heavy atom. The zero-order chi connectivity index (χ0) is 38.2. The molecule has 1 atom stereocenters. The fourth-order valence-corrected chi connectivity index (χ4v) is 7.19. The Kier molecular flexibility index (Phi) is 14.3. The number of hydrogen-bond donors (Lipinski definition) is 0. The van der Waals surface area contributed by atoms with Crippen LogP contribution in [0.2, 0.25) is 0 Å². The van der Waals surface area contributed by atoms with Crippen LogP contribution in [0.1, 0.15) is 111 Å². The second-order valence-electron chi connectivity index (χ2n) is 13.1. The number of methoxy groups -OCH3 is 2. The minimum absolute atomic E-state index is 0. The van der Waals surface area contributed by atoms with Gasteiger partial charge in [0, 0.05) is 55.1 Å². The molecule has 0 saturated heterocycles. The summed E-state index contributed by atoms with van der Waals surface area (Å²) < 4.78 is 75.4. The first kappa shape index (κ1) is 41.9. The van der Waals surface area contributed by atoms with Crippen LogP contribution in [0.25, 0.3) is 0 Å². The lowest BCUT2D eigenvalue weighted by Gasteiger charge is -2.24. The lowest BCUT2D eigenvalue weighted by molar-refractivity contribution is -0.120. The third kappa shape index (κ3) is 10.6. The van der Waals surface area contributed by atoms with Gasteiger partial charge in [0.1, 0.15) is 23.2 Å². The van der Waals surface area contributed by atoms with Crippen molar-refractivity contribution in [3.8, 4) is 11.8 Å². The number of aryl methyl sites for hydroxylation is 2. The number of allylic oxidation sites excluding steroid dienone is 2. The molecule has 2 aliphatic rings. The van der Waals surface area contributed by atoms with E-state index >= 15 is 0 Å². The van der Waals surface area contributed by atoms with E-state index in [-0.39, 0.29) is 27.0 Å². The van der Waals surface area contributed by atoms with Crippen LogP contribution in [0.5, 0.6) is 11.8 Å². The Morgan fingerprint density at radius 3 is 1.57 bits per heavy atom. The number of nitrogens with zero attached hydrogens (tertiary/aromatic N) is 4. The van der Waals surface area contributed by atoms with Crippen molar-refractivity contribution in [2.45, 2.75) is 96.4 Å². The quantitative estimate of drug-likeness (QED) is 0.114. The van der Waals surface area contributed by atoms with Gasteiger partial charge < -0.3 is 15.1 Å². The first-order valence-electron chi connectivity index (χ1n) is 17.4. The van der Waals surface area contributed by atoms with Crippen LogP contribution in [0.15, 0.2) is 72.5 Å². The smallest absolute Gasteiger partial charge is 0.534 e. The maximum absolute atomic E-state index is 12.5. The molecule has 2 heterocycles. The van der Waals surface area contributed by atoms with Gasteiger partial charge in [-0.15, -0.1) is 0 Å². The molecule has 0 N–H and O–H groups in total. The van der Waals surface area contributed by atoms with Crippen LogP contribution in [0.3, 0.4) is 0 Å². The average Bonchev–Trinajstić information content (AvgIpc) is 3.14. The van der Waals surface area contributed by atoms with Crippen molar-refractivity contribution in [3.63, 3.8) is 0 Å². The second-order valence-corrected chi connectivity index (χ2v) is 14.6. The molecule has 0 spiro atoms. The van der Waals surface area contributed by atoms with Crippen molar-refractivity contribution in [1.29, 1.82) is 0 Å². The van der Waals surface area contributed by atoms with Gasteiger partial charge >= 0.3 is 15.6 Å². The number of hydrogen-bond acceptors (Lipinski definition) is 10. The van der Waals surface area contributed by atoms with Gasteiger partial charge in [0.2, 0.25) is 11.8 Å². The highest BCUT2D eigenvalue weighted by Gasteiger charge is 2.49. The van der Waals surface area contributed by atoms with E-state index in [2.05, 4.69) is 31.3 Å². The summed E-state index contributed by atoms with van der Waals surface area (Å²) in [5.41, 5.74) is 0.471. The number of halogens is 3. The Hall–Kier alpha value is -4.85. The van der Waals surface area contributed by atoms with E-state index in [0.29, 0.717) is 61.4 Å². The number of benzene rings is 2. The number of rotatable bonds is 10. The summed E-state index contributed by atoms with van der Waals surface area (Å²) in [5.74, 6) is 2.71. The summed E-state index contributed by atoms with van der Waals surface area (Å²) in [6.45, 7) is 3.63. The lowest BCUT2D eigenvalue weighted by Crippen LogP contribution is -2.26.